The fraction of sp³-hybridized carbons (Fsp3) is 0.200. The molecule has 0 radical (unpaired) electrons. The lowest BCUT2D eigenvalue weighted by atomic mass is 10.2. The molecule has 0 bridgehead atoms. The van der Waals surface area contributed by atoms with Crippen molar-refractivity contribution in [2.75, 3.05) is 11.4 Å². The number of anilines is 1. The molecule has 1 heterocycles. The summed E-state index contributed by atoms with van der Waals surface area (Å²) in [6.07, 6.45) is 1.58. The highest BCUT2D eigenvalue weighted by Crippen LogP contribution is 2.15. The number of hydrogen-bond acceptors (Lipinski definition) is 2. The van der Waals surface area contributed by atoms with Gasteiger partial charge >= 0.3 is 0 Å². The monoisotopic (exact) mass is 174 g/mol. The van der Waals surface area contributed by atoms with Crippen LogP contribution in [0.1, 0.15) is 5.56 Å². The number of rotatable bonds is 1. The van der Waals surface area contributed by atoms with Crippen LogP contribution in [0, 0.1) is 6.92 Å². The molecule has 1 aliphatic rings. The minimum absolute atomic E-state index is 0.0313. The van der Waals surface area contributed by atoms with Crippen LogP contribution in [0.15, 0.2) is 29.3 Å². The van der Waals surface area contributed by atoms with Crippen LogP contribution < -0.4 is 4.90 Å². The van der Waals surface area contributed by atoms with Gasteiger partial charge in [0.2, 0.25) is 0 Å². The molecule has 1 aromatic carbocycles. The molecular weight excluding hydrogens is 164 g/mol. The van der Waals surface area contributed by atoms with Crippen LogP contribution in [-0.2, 0) is 4.79 Å². The largest absolute Gasteiger partial charge is 0.272 e. The zero-order valence-corrected chi connectivity index (χ0v) is 7.40. The van der Waals surface area contributed by atoms with Gasteiger partial charge in [0.25, 0.3) is 5.91 Å². The van der Waals surface area contributed by atoms with E-state index in [4.69, 9.17) is 0 Å². The highest BCUT2D eigenvalue weighted by Gasteiger charge is 2.17. The van der Waals surface area contributed by atoms with Gasteiger partial charge in [-0.25, -0.2) is 0 Å². The third-order valence-corrected chi connectivity index (χ3v) is 2.00. The van der Waals surface area contributed by atoms with E-state index < -0.39 is 0 Å². The summed E-state index contributed by atoms with van der Waals surface area (Å²) in [7, 11) is 0. The average molecular weight is 174 g/mol. The van der Waals surface area contributed by atoms with Gasteiger partial charge < -0.3 is 0 Å². The van der Waals surface area contributed by atoms with Crippen molar-refractivity contribution in [3.05, 3.63) is 29.8 Å². The molecule has 2 rings (SSSR count). The molecule has 0 unspecified atom stereocenters. The smallest absolute Gasteiger partial charge is 0.253 e. The van der Waals surface area contributed by atoms with Crippen molar-refractivity contribution in [2.24, 2.45) is 4.99 Å². The van der Waals surface area contributed by atoms with Crippen LogP contribution in [-0.4, -0.2) is 18.8 Å². The molecule has 0 atom stereocenters. The maximum Gasteiger partial charge on any atom is 0.253 e. The fourth-order valence-electron chi connectivity index (χ4n) is 1.26. The standard InChI is InChI=1S/C10H10N2O/c1-8-2-4-9(5-3-8)12-7-11-6-10(12)13/h2-5,7H,6H2,1H3. The number of hydrogen-bond donors (Lipinski definition) is 0. The summed E-state index contributed by atoms with van der Waals surface area (Å²) < 4.78 is 0. The van der Waals surface area contributed by atoms with Gasteiger partial charge in [-0.3, -0.25) is 14.7 Å². The van der Waals surface area contributed by atoms with Crippen LogP contribution in [0.3, 0.4) is 0 Å². The Bertz CT molecular complexity index is 354. The summed E-state index contributed by atoms with van der Waals surface area (Å²) >= 11 is 0. The Balaban J connectivity index is 2.30. The van der Waals surface area contributed by atoms with Gasteiger partial charge in [-0.15, -0.1) is 0 Å². The Morgan fingerprint density at radius 3 is 2.54 bits per heavy atom. The van der Waals surface area contributed by atoms with E-state index in [1.807, 2.05) is 31.2 Å². The second-order valence-corrected chi connectivity index (χ2v) is 3.06. The van der Waals surface area contributed by atoms with E-state index in [9.17, 15) is 4.79 Å². The summed E-state index contributed by atoms with van der Waals surface area (Å²) in [5.41, 5.74) is 2.07. The van der Waals surface area contributed by atoms with Crippen molar-refractivity contribution in [3.63, 3.8) is 0 Å². The van der Waals surface area contributed by atoms with Gasteiger partial charge in [-0.2, -0.15) is 0 Å². The summed E-state index contributed by atoms with van der Waals surface area (Å²) in [5.74, 6) is 0.0313. The van der Waals surface area contributed by atoms with Gasteiger partial charge in [0, 0.05) is 5.69 Å². The van der Waals surface area contributed by atoms with Crippen molar-refractivity contribution in [3.8, 4) is 0 Å². The Kier molecular flexibility index (Phi) is 1.85. The molecular formula is C10H10N2O. The first kappa shape index (κ1) is 7.98. The van der Waals surface area contributed by atoms with Crippen molar-refractivity contribution >= 4 is 17.9 Å². The van der Waals surface area contributed by atoms with Crippen LogP contribution in [0.4, 0.5) is 5.69 Å². The minimum Gasteiger partial charge on any atom is -0.272 e. The number of aliphatic imine (C=N–C) groups is 1. The molecule has 0 saturated carbocycles. The summed E-state index contributed by atoms with van der Waals surface area (Å²) in [6.45, 7) is 2.29. The Morgan fingerprint density at radius 1 is 1.31 bits per heavy atom. The lowest BCUT2D eigenvalue weighted by Crippen LogP contribution is -2.25. The molecule has 3 heteroatoms. The number of benzene rings is 1. The molecule has 0 N–H and O–H groups in total. The molecule has 0 saturated heterocycles. The molecule has 1 aromatic rings. The molecule has 13 heavy (non-hydrogen) atoms. The third kappa shape index (κ3) is 1.45. The fourth-order valence-corrected chi connectivity index (χ4v) is 1.26. The molecule has 3 nitrogen and oxygen atoms in total. The van der Waals surface area contributed by atoms with Crippen LogP contribution in [0.5, 0.6) is 0 Å². The van der Waals surface area contributed by atoms with Crippen LogP contribution in [0.25, 0.3) is 0 Å². The molecule has 66 valence electrons. The molecule has 1 aliphatic heterocycles. The lowest BCUT2D eigenvalue weighted by molar-refractivity contribution is -0.115. The molecule has 0 aromatic heterocycles. The van der Waals surface area contributed by atoms with Crippen molar-refractivity contribution in [1.29, 1.82) is 0 Å². The van der Waals surface area contributed by atoms with Crippen molar-refractivity contribution in [1.82, 2.24) is 0 Å². The summed E-state index contributed by atoms with van der Waals surface area (Å²) in [6, 6.07) is 7.80. The van der Waals surface area contributed by atoms with Crippen LogP contribution in [0.2, 0.25) is 0 Å². The third-order valence-electron chi connectivity index (χ3n) is 2.00. The van der Waals surface area contributed by atoms with Gasteiger partial charge in [0.15, 0.2) is 0 Å². The van der Waals surface area contributed by atoms with Gasteiger partial charge in [-0.05, 0) is 19.1 Å². The SMILES string of the molecule is Cc1ccc(N2C=NCC2=O)cc1. The van der Waals surface area contributed by atoms with E-state index in [2.05, 4.69) is 4.99 Å². The maximum atomic E-state index is 11.3. The highest BCUT2D eigenvalue weighted by molar-refractivity contribution is 6.12. The number of carbonyl (C=O) groups excluding carboxylic acids is 1. The van der Waals surface area contributed by atoms with Crippen LogP contribution >= 0.6 is 0 Å². The number of nitrogens with zero attached hydrogens (tertiary/aromatic N) is 2. The Hall–Kier alpha value is -1.64. The van der Waals surface area contributed by atoms with Gasteiger partial charge in [-0.1, -0.05) is 17.7 Å². The number of aryl methyl sites for hydroxylation is 1. The predicted molar refractivity (Wildman–Crippen MR) is 52.0 cm³/mol. The van der Waals surface area contributed by atoms with E-state index in [1.165, 1.54) is 5.56 Å². The normalized spacial score (nSPS) is 15.5. The van der Waals surface area contributed by atoms with E-state index in [-0.39, 0.29) is 12.5 Å². The number of amides is 1. The number of carbonyl (C=O) groups is 1. The summed E-state index contributed by atoms with van der Waals surface area (Å²) in [4.78, 5) is 16.7. The first-order valence-electron chi connectivity index (χ1n) is 4.16. The minimum atomic E-state index is 0.0313. The second-order valence-electron chi connectivity index (χ2n) is 3.06. The van der Waals surface area contributed by atoms with E-state index >= 15 is 0 Å². The maximum absolute atomic E-state index is 11.3. The Labute approximate surface area is 76.7 Å². The van der Waals surface area contributed by atoms with Gasteiger partial charge in [0.05, 0.1) is 6.34 Å². The van der Waals surface area contributed by atoms with E-state index in [1.54, 1.807) is 11.2 Å². The summed E-state index contributed by atoms with van der Waals surface area (Å²) in [5, 5.41) is 0. The quantitative estimate of drug-likeness (QED) is 0.632. The topological polar surface area (TPSA) is 32.7 Å². The van der Waals surface area contributed by atoms with E-state index in [0.717, 1.165) is 5.69 Å². The average Bonchev–Trinajstić information content (AvgIpc) is 2.53. The molecule has 1 amide bonds. The molecule has 0 aliphatic carbocycles. The Morgan fingerprint density at radius 2 is 2.00 bits per heavy atom. The predicted octanol–water partition coefficient (Wildman–Crippen LogP) is 1.37. The highest BCUT2D eigenvalue weighted by atomic mass is 16.2. The van der Waals surface area contributed by atoms with Crippen molar-refractivity contribution in [2.45, 2.75) is 6.92 Å². The zero-order chi connectivity index (χ0) is 9.26. The van der Waals surface area contributed by atoms with E-state index in [0.29, 0.717) is 0 Å². The van der Waals surface area contributed by atoms with Gasteiger partial charge in [0.1, 0.15) is 6.54 Å². The first-order chi connectivity index (χ1) is 6.27. The van der Waals surface area contributed by atoms with Crippen molar-refractivity contribution < 1.29 is 4.79 Å². The zero-order valence-electron chi connectivity index (χ0n) is 7.40. The molecule has 0 fully saturated rings. The first-order valence-corrected chi connectivity index (χ1v) is 4.16. The lowest BCUT2D eigenvalue weighted by Gasteiger charge is -2.11. The second kappa shape index (κ2) is 3.01. The molecule has 0 spiro atoms.